The van der Waals surface area contributed by atoms with Crippen LogP contribution in [0, 0.1) is 35.1 Å². The van der Waals surface area contributed by atoms with Crippen molar-refractivity contribution >= 4 is 81.5 Å². The number of nitrogen functional groups attached to an aromatic ring is 3. The maximum Gasteiger partial charge on any atom is 0.353 e. The summed E-state index contributed by atoms with van der Waals surface area (Å²) in [4.78, 5) is 109. The zero-order valence-corrected chi connectivity index (χ0v) is 66.1. The Balaban J connectivity index is 0.000000325. The van der Waals surface area contributed by atoms with Gasteiger partial charge in [0.2, 0.25) is 23.3 Å². The van der Waals surface area contributed by atoms with Crippen LogP contribution in [0.1, 0.15) is 95.4 Å². The molecule has 0 aliphatic carbocycles. The fraction of sp³-hybridized carbons (Fsp3) is 0.522. The number of Topliss-reactive ketones (excluding diaryl/α,β-unsaturated/α-hetero) is 1. The number of ketones is 1. The van der Waals surface area contributed by atoms with Crippen LogP contribution in [0.2, 0.25) is 0 Å². The normalized spacial score (nSPS) is 13.8. The Kier molecular flexibility index (Phi) is 38.0. The molecule has 0 amide bonds. The maximum absolute atomic E-state index is 12.4. The van der Waals surface area contributed by atoms with E-state index < -0.39 is 33.2 Å². The van der Waals surface area contributed by atoms with E-state index in [0.717, 1.165) is 85.8 Å². The number of hydrogen-bond acceptors (Lipinski definition) is 33. The summed E-state index contributed by atoms with van der Waals surface area (Å²) in [5.74, 6) is 1.47. The van der Waals surface area contributed by atoms with Crippen LogP contribution in [-0.4, -0.2) is 204 Å². The molecule has 10 heterocycles. The van der Waals surface area contributed by atoms with Crippen LogP contribution in [0.4, 0.5) is 63.7 Å². The van der Waals surface area contributed by atoms with E-state index >= 15 is 0 Å². The molecule has 568 valence electrons. The van der Waals surface area contributed by atoms with Crippen molar-refractivity contribution in [2.24, 2.45) is 0 Å². The molecule has 0 radical (unpaired) electrons. The molecule has 6 aromatic rings. The summed E-state index contributed by atoms with van der Waals surface area (Å²) in [6, 6.07) is 11.4. The molecule has 6 N–H and O–H groups in total. The van der Waals surface area contributed by atoms with Gasteiger partial charge in [0.15, 0.2) is 5.78 Å². The van der Waals surface area contributed by atoms with Crippen molar-refractivity contribution in [1.29, 1.82) is 0 Å². The minimum absolute atomic E-state index is 0. The van der Waals surface area contributed by atoms with Crippen molar-refractivity contribution in [3.63, 3.8) is 0 Å². The molecule has 35 nitrogen and oxygen atoms in total. The average Bonchev–Trinajstić information content (AvgIpc) is 0.787. The number of nitrogens with zero attached hydrogens (tertiary/aromatic N) is 17. The van der Waals surface area contributed by atoms with E-state index in [9.17, 15) is 34.6 Å². The quantitative estimate of drug-likeness (QED) is 0.0139. The minimum atomic E-state index is -0.662. The van der Waals surface area contributed by atoms with Gasteiger partial charge in [-0.1, -0.05) is 40.0 Å². The van der Waals surface area contributed by atoms with E-state index in [4.69, 9.17) is 55.1 Å². The number of nitro groups is 2. The Hall–Kier alpha value is -9.04. The number of pyridine rings is 3. The van der Waals surface area contributed by atoms with Crippen LogP contribution < -0.4 is 60.8 Å². The molecule has 6 aromatic heterocycles. The molecule has 0 bridgehead atoms. The second-order valence-corrected chi connectivity index (χ2v) is 23.2. The van der Waals surface area contributed by atoms with E-state index in [2.05, 4.69) is 72.5 Å². The summed E-state index contributed by atoms with van der Waals surface area (Å²) in [5, 5.41) is 23.8. The molecule has 0 spiro atoms. The first-order valence-corrected chi connectivity index (χ1v) is 33.6. The Morgan fingerprint density at radius 2 is 0.894 bits per heavy atom. The summed E-state index contributed by atoms with van der Waals surface area (Å²) in [7, 11) is 0. The largest absolute Gasteiger partial charge is 0.465 e. The summed E-state index contributed by atoms with van der Waals surface area (Å²) in [6.07, 6.45) is 10.6. The topological polar surface area (TPSA) is 425 Å². The van der Waals surface area contributed by atoms with Gasteiger partial charge in [0, 0.05) is 132 Å². The Bertz CT molecular complexity index is 3530. The third-order valence-electron chi connectivity index (χ3n) is 15.7. The van der Waals surface area contributed by atoms with E-state index in [1.807, 2.05) is 36.9 Å². The molecule has 10 rings (SSSR count). The first kappa shape index (κ1) is 87.4. The summed E-state index contributed by atoms with van der Waals surface area (Å²) in [6.45, 7) is 19.8. The number of aromatic nitrogens is 9. The Morgan fingerprint density at radius 3 is 1.26 bits per heavy atom. The van der Waals surface area contributed by atoms with Crippen molar-refractivity contribution in [2.45, 2.75) is 99.2 Å². The second kappa shape index (κ2) is 45.2. The molecular weight excluding hydrogens is 1690 g/mol. The number of carbonyl (C=O) groups is 3. The number of nitrogens with two attached hydrogens (primary N) is 3. The summed E-state index contributed by atoms with van der Waals surface area (Å²) >= 11 is 0. The molecule has 104 heavy (non-hydrogen) atoms. The first-order chi connectivity index (χ1) is 48.5. The zero-order valence-electron chi connectivity index (χ0n) is 60.2. The number of rotatable bonds is 31. The number of carbonyl (C=O) groups excluding carboxylic acids is 3. The molecule has 0 atom stereocenters. The third kappa shape index (κ3) is 26.0. The standard InChI is InChI=1S/2C22H31N7O6.C21H28N6O3.2CH3.2W/c2*1-3-5-10-35-22-25-20(23)19(29(31)32)21(26-22)28(15-18(30)34-4-2)14-16-6-7-24-17(13-16)27-8-11-33-12-9-27;1-2-3-8-30-21-24-19(22)17-12-16(28)14-27(20(17)25-21)13-15-4-5-23-18(11-15)26-6-9-29-10-7-26;;;;/h2*6-7,13H,3-5,8-12,14-15H2,1-2H3,(H2,23,25,26);4-5,11H,2-3,6-10,12-14H2,1H3,(H2,22,24,25);2*1H3;;/q;;;2*-1;;. The molecule has 4 aliphatic rings. The predicted octanol–water partition coefficient (Wildman–Crippen LogP) is 6.39. The second-order valence-electron chi connectivity index (χ2n) is 23.2. The van der Waals surface area contributed by atoms with Gasteiger partial charge < -0.3 is 99.3 Å². The molecule has 3 fully saturated rings. The van der Waals surface area contributed by atoms with Gasteiger partial charge in [-0.15, -0.1) is 0 Å². The van der Waals surface area contributed by atoms with E-state index in [-0.39, 0.29) is 156 Å². The van der Waals surface area contributed by atoms with E-state index in [1.54, 1.807) is 44.6 Å². The SMILES string of the molecule is CCCCOc1nc(N)c([N+](=O)[O-])c(N(CC(=O)OCC)Cc2ccnc(N3CCOCC3)c2)n1.CCCCOc1nc(N)c([N+](=O)[O-])c(N(CC(=O)OCC)Cc2ccnc(N3CCOCC3)c2)n1.CCCCOc1nc(N)c2c(n1)N(Cc1ccnc(N3CCOCC3)c1)CC(=O)C2.[CH3-].[CH3-].[W].[W]. The van der Waals surface area contributed by atoms with Crippen molar-refractivity contribution < 1.29 is 104 Å². The zero-order chi connectivity index (χ0) is 71.3. The maximum atomic E-state index is 12.4. The minimum Gasteiger partial charge on any atom is -0.465 e. The third-order valence-corrected chi connectivity index (χ3v) is 15.7. The Labute approximate surface area is 634 Å². The number of ether oxygens (including phenoxy) is 8. The molecule has 3 saturated heterocycles. The number of anilines is 9. The van der Waals surface area contributed by atoms with Crippen molar-refractivity contribution in [3.05, 3.63) is 112 Å². The van der Waals surface area contributed by atoms with Crippen molar-refractivity contribution in [2.75, 3.05) is 178 Å². The fourth-order valence-corrected chi connectivity index (χ4v) is 10.7. The van der Waals surface area contributed by atoms with Crippen LogP contribution in [0.5, 0.6) is 18.0 Å². The molecule has 0 unspecified atom stereocenters. The predicted molar refractivity (Wildman–Crippen MR) is 384 cm³/mol. The molecule has 0 aromatic carbocycles. The van der Waals surface area contributed by atoms with Gasteiger partial charge in [0.25, 0.3) is 0 Å². The Morgan fingerprint density at radius 1 is 0.538 bits per heavy atom. The van der Waals surface area contributed by atoms with Crippen LogP contribution in [0.15, 0.2) is 55.0 Å². The monoisotopic (exact) mass is 1790 g/mol. The van der Waals surface area contributed by atoms with Gasteiger partial charge in [-0.05, 0) is 86.2 Å². The summed E-state index contributed by atoms with van der Waals surface area (Å²) < 4.78 is 43.2. The van der Waals surface area contributed by atoms with Crippen LogP contribution in [0.25, 0.3) is 0 Å². The molecule has 4 aliphatic heterocycles. The number of esters is 2. The van der Waals surface area contributed by atoms with Crippen molar-refractivity contribution in [3.8, 4) is 18.0 Å². The van der Waals surface area contributed by atoms with Gasteiger partial charge in [-0.25, -0.2) is 15.0 Å². The number of unbranched alkanes of at least 4 members (excludes halogenated alkanes) is 3. The van der Waals surface area contributed by atoms with Crippen molar-refractivity contribution in [1.82, 2.24) is 44.9 Å². The van der Waals surface area contributed by atoms with Gasteiger partial charge in [-0.2, -0.15) is 29.9 Å². The fourth-order valence-electron chi connectivity index (χ4n) is 10.7. The number of morpholine rings is 3. The number of fused-ring (bicyclic) bond motifs is 1. The van der Waals surface area contributed by atoms with Gasteiger partial charge >= 0.3 is 41.3 Å². The smallest absolute Gasteiger partial charge is 0.353 e. The van der Waals surface area contributed by atoms with E-state index in [1.165, 1.54) is 9.80 Å². The van der Waals surface area contributed by atoms with Gasteiger partial charge in [0.1, 0.15) is 42.2 Å². The first-order valence-electron chi connectivity index (χ1n) is 33.6. The molecular formula is C67H96N20O15W2-2. The van der Waals surface area contributed by atoms with Gasteiger partial charge in [0.05, 0.1) is 89.1 Å². The van der Waals surface area contributed by atoms with Crippen LogP contribution >= 0.6 is 0 Å². The summed E-state index contributed by atoms with van der Waals surface area (Å²) in [5.41, 5.74) is 20.3. The van der Waals surface area contributed by atoms with E-state index in [0.29, 0.717) is 109 Å². The van der Waals surface area contributed by atoms with Crippen LogP contribution in [-0.2, 0) is 106 Å². The average molecular weight is 1790 g/mol. The molecule has 37 heteroatoms. The molecule has 0 saturated carbocycles. The number of hydrogen-bond donors (Lipinski definition) is 3. The van der Waals surface area contributed by atoms with Gasteiger partial charge in [-0.3, -0.25) is 34.6 Å². The van der Waals surface area contributed by atoms with Crippen LogP contribution in [0.3, 0.4) is 0 Å².